The molecule has 0 N–H and O–H groups in total. The molecule has 0 radical (unpaired) electrons. The summed E-state index contributed by atoms with van der Waals surface area (Å²) in [4.78, 5) is 8.50. The van der Waals surface area contributed by atoms with Crippen molar-refractivity contribution in [2.45, 2.75) is 6.18 Å². The Bertz CT molecular complexity index is 1120. The van der Waals surface area contributed by atoms with E-state index in [4.69, 9.17) is 4.74 Å². The standard InChI is InChI=1S/C19H13F3N4O/c1-27-15-9-16(12-5-6-26-17(8-12)24-11-25-26)18(23-10-15)13-3-2-4-14(7-13)19(20,21)22/h2-11H,1H3. The van der Waals surface area contributed by atoms with Gasteiger partial charge in [-0.1, -0.05) is 12.1 Å². The molecule has 5 nitrogen and oxygen atoms in total. The van der Waals surface area contributed by atoms with Crippen LogP contribution in [-0.4, -0.2) is 26.7 Å². The maximum Gasteiger partial charge on any atom is 0.416 e. The van der Waals surface area contributed by atoms with Crippen molar-refractivity contribution in [1.82, 2.24) is 19.6 Å². The van der Waals surface area contributed by atoms with Gasteiger partial charge in [-0.05, 0) is 35.9 Å². The van der Waals surface area contributed by atoms with Gasteiger partial charge in [0.2, 0.25) is 0 Å². The molecule has 4 rings (SSSR count). The van der Waals surface area contributed by atoms with Crippen LogP contribution in [0, 0.1) is 0 Å². The Morgan fingerprint density at radius 3 is 2.63 bits per heavy atom. The second-order valence-corrected chi connectivity index (χ2v) is 5.83. The lowest BCUT2D eigenvalue weighted by Gasteiger charge is -2.13. The fourth-order valence-electron chi connectivity index (χ4n) is 2.83. The quantitative estimate of drug-likeness (QED) is 0.533. The lowest BCUT2D eigenvalue weighted by atomic mass is 9.98. The molecule has 0 aliphatic carbocycles. The normalized spacial score (nSPS) is 11.7. The van der Waals surface area contributed by atoms with Gasteiger partial charge in [-0.15, -0.1) is 0 Å². The molecule has 0 aliphatic heterocycles. The number of alkyl halides is 3. The molecule has 136 valence electrons. The van der Waals surface area contributed by atoms with E-state index >= 15 is 0 Å². The third-order valence-corrected chi connectivity index (χ3v) is 4.15. The van der Waals surface area contributed by atoms with Crippen molar-refractivity contribution >= 4 is 5.65 Å². The number of nitrogens with zero attached hydrogens (tertiary/aromatic N) is 4. The highest BCUT2D eigenvalue weighted by Crippen LogP contribution is 2.36. The zero-order chi connectivity index (χ0) is 19.0. The number of methoxy groups -OCH3 is 1. The number of fused-ring (bicyclic) bond motifs is 1. The summed E-state index contributed by atoms with van der Waals surface area (Å²) in [6.45, 7) is 0. The van der Waals surface area contributed by atoms with E-state index in [1.54, 1.807) is 35.0 Å². The fraction of sp³-hybridized carbons (Fsp3) is 0.105. The topological polar surface area (TPSA) is 52.3 Å². The maximum atomic E-state index is 13.1. The Balaban J connectivity index is 1.91. The van der Waals surface area contributed by atoms with Crippen molar-refractivity contribution < 1.29 is 17.9 Å². The van der Waals surface area contributed by atoms with Gasteiger partial charge in [0.1, 0.15) is 12.1 Å². The highest BCUT2D eigenvalue weighted by atomic mass is 19.4. The largest absolute Gasteiger partial charge is 0.495 e. The number of hydrogen-bond acceptors (Lipinski definition) is 4. The zero-order valence-corrected chi connectivity index (χ0v) is 14.1. The summed E-state index contributed by atoms with van der Waals surface area (Å²) in [5.74, 6) is 0.502. The van der Waals surface area contributed by atoms with Crippen LogP contribution < -0.4 is 4.74 Å². The van der Waals surface area contributed by atoms with E-state index in [1.807, 2.05) is 0 Å². The van der Waals surface area contributed by atoms with Gasteiger partial charge < -0.3 is 4.74 Å². The van der Waals surface area contributed by atoms with Crippen molar-refractivity contribution in [1.29, 1.82) is 0 Å². The Morgan fingerprint density at radius 2 is 1.85 bits per heavy atom. The van der Waals surface area contributed by atoms with Gasteiger partial charge in [0.15, 0.2) is 5.65 Å². The summed E-state index contributed by atoms with van der Waals surface area (Å²) in [5, 5.41) is 4.05. The molecule has 8 heteroatoms. The minimum atomic E-state index is -4.43. The average molecular weight is 370 g/mol. The van der Waals surface area contributed by atoms with Gasteiger partial charge in [-0.3, -0.25) is 4.98 Å². The van der Waals surface area contributed by atoms with E-state index in [2.05, 4.69) is 15.1 Å². The van der Waals surface area contributed by atoms with Crippen LogP contribution in [0.5, 0.6) is 5.75 Å². The molecule has 0 saturated heterocycles. The van der Waals surface area contributed by atoms with E-state index in [0.717, 1.165) is 17.7 Å². The Hall–Kier alpha value is -3.42. The first-order valence-electron chi connectivity index (χ1n) is 7.97. The number of benzene rings is 1. The first kappa shape index (κ1) is 17.0. The summed E-state index contributed by atoms with van der Waals surface area (Å²) < 4.78 is 46.2. The summed E-state index contributed by atoms with van der Waals surface area (Å²) in [6, 6.07) is 10.4. The molecular weight excluding hydrogens is 357 g/mol. The van der Waals surface area contributed by atoms with Gasteiger partial charge in [0.25, 0.3) is 0 Å². The highest BCUT2D eigenvalue weighted by Gasteiger charge is 2.30. The second-order valence-electron chi connectivity index (χ2n) is 5.83. The van der Waals surface area contributed by atoms with Crippen LogP contribution in [-0.2, 0) is 6.18 Å². The van der Waals surface area contributed by atoms with Crippen LogP contribution in [0.15, 0.2) is 61.2 Å². The predicted molar refractivity (Wildman–Crippen MR) is 93.2 cm³/mol. The van der Waals surface area contributed by atoms with Crippen LogP contribution in [0.3, 0.4) is 0 Å². The summed E-state index contributed by atoms with van der Waals surface area (Å²) >= 11 is 0. The SMILES string of the molecule is COc1cnc(-c2cccc(C(F)(F)F)c2)c(-c2ccn3ncnc3c2)c1. The van der Waals surface area contributed by atoms with Crippen molar-refractivity contribution in [3.05, 3.63) is 66.7 Å². The van der Waals surface area contributed by atoms with E-state index in [-0.39, 0.29) is 0 Å². The van der Waals surface area contributed by atoms with E-state index in [0.29, 0.717) is 28.2 Å². The van der Waals surface area contributed by atoms with Gasteiger partial charge in [0.05, 0.1) is 24.6 Å². The molecule has 1 aromatic carbocycles. The smallest absolute Gasteiger partial charge is 0.416 e. The van der Waals surface area contributed by atoms with Gasteiger partial charge in [0, 0.05) is 17.3 Å². The fourth-order valence-corrected chi connectivity index (χ4v) is 2.83. The minimum absolute atomic E-state index is 0.365. The first-order chi connectivity index (χ1) is 13.0. The van der Waals surface area contributed by atoms with Crippen molar-refractivity contribution in [3.63, 3.8) is 0 Å². The third-order valence-electron chi connectivity index (χ3n) is 4.15. The number of ether oxygens (including phenoxy) is 1. The Morgan fingerprint density at radius 1 is 1.00 bits per heavy atom. The highest BCUT2D eigenvalue weighted by molar-refractivity contribution is 5.82. The molecule has 0 amide bonds. The summed E-state index contributed by atoms with van der Waals surface area (Å²) in [7, 11) is 1.51. The molecule has 27 heavy (non-hydrogen) atoms. The number of pyridine rings is 2. The molecule has 0 aliphatic rings. The maximum absolute atomic E-state index is 13.1. The van der Waals surface area contributed by atoms with Gasteiger partial charge in [-0.25, -0.2) is 9.50 Å². The van der Waals surface area contributed by atoms with Crippen LogP contribution in [0.25, 0.3) is 28.0 Å². The van der Waals surface area contributed by atoms with Gasteiger partial charge >= 0.3 is 6.18 Å². The molecule has 3 aromatic heterocycles. The van der Waals surface area contributed by atoms with Gasteiger partial charge in [-0.2, -0.15) is 18.3 Å². The Kier molecular flexibility index (Phi) is 4.02. The van der Waals surface area contributed by atoms with E-state index < -0.39 is 11.7 Å². The van der Waals surface area contributed by atoms with Crippen LogP contribution in [0.1, 0.15) is 5.56 Å². The van der Waals surface area contributed by atoms with Crippen LogP contribution in [0.2, 0.25) is 0 Å². The molecule has 0 spiro atoms. The lowest BCUT2D eigenvalue weighted by Crippen LogP contribution is -2.04. The van der Waals surface area contributed by atoms with Crippen molar-refractivity contribution in [2.24, 2.45) is 0 Å². The minimum Gasteiger partial charge on any atom is -0.495 e. The number of aromatic nitrogens is 4. The van der Waals surface area contributed by atoms with Crippen molar-refractivity contribution in [2.75, 3.05) is 7.11 Å². The molecule has 0 saturated carbocycles. The zero-order valence-electron chi connectivity index (χ0n) is 14.1. The molecule has 0 bridgehead atoms. The van der Waals surface area contributed by atoms with Crippen LogP contribution in [0.4, 0.5) is 13.2 Å². The van der Waals surface area contributed by atoms with Crippen LogP contribution >= 0.6 is 0 Å². The first-order valence-corrected chi connectivity index (χ1v) is 7.97. The second kappa shape index (κ2) is 6.39. The third kappa shape index (κ3) is 3.21. The monoisotopic (exact) mass is 370 g/mol. The Labute approximate surface area is 152 Å². The predicted octanol–water partition coefficient (Wildman–Crippen LogP) is 4.49. The van der Waals surface area contributed by atoms with E-state index in [9.17, 15) is 13.2 Å². The molecule has 4 aromatic rings. The molecule has 0 unspecified atom stereocenters. The number of hydrogen-bond donors (Lipinski definition) is 0. The molecular formula is C19H13F3N4O. The molecule has 0 atom stereocenters. The van der Waals surface area contributed by atoms with E-state index in [1.165, 1.54) is 25.7 Å². The molecule has 3 heterocycles. The summed E-state index contributed by atoms with van der Waals surface area (Å²) in [6.07, 6.45) is 0.210. The molecule has 0 fully saturated rings. The lowest BCUT2D eigenvalue weighted by molar-refractivity contribution is -0.137. The van der Waals surface area contributed by atoms with Crippen molar-refractivity contribution in [3.8, 4) is 28.1 Å². The summed E-state index contributed by atoms with van der Waals surface area (Å²) in [5.41, 5.74) is 2.06. The number of rotatable bonds is 3. The number of halogens is 3. The average Bonchev–Trinajstić information content (AvgIpc) is 3.14.